The normalized spacial score (nSPS) is 16.6. The standard InChI is InChI=1S/C22H21NOS/c1-15-7-9-17(10-8-15)21-19-12-14-25-20(19)11-13-23(21)22(24)18-6-4-3-5-16(18)2/h3-10,12,14,21H,11,13H2,1-2H3. The van der Waals surface area contributed by atoms with Crippen LogP contribution in [-0.4, -0.2) is 17.4 Å². The Bertz CT molecular complexity index is 910. The lowest BCUT2D eigenvalue weighted by Gasteiger charge is -2.36. The molecule has 0 bridgehead atoms. The van der Waals surface area contributed by atoms with Gasteiger partial charge in [0.2, 0.25) is 0 Å². The highest BCUT2D eigenvalue weighted by Gasteiger charge is 2.33. The lowest BCUT2D eigenvalue weighted by molar-refractivity contribution is 0.0695. The molecular weight excluding hydrogens is 326 g/mol. The summed E-state index contributed by atoms with van der Waals surface area (Å²) in [4.78, 5) is 16.8. The number of fused-ring (bicyclic) bond motifs is 1. The second kappa shape index (κ2) is 6.49. The number of aryl methyl sites for hydroxylation is 2. The molecule has 2 nitrogen and oxygen atoms in total. The van der Waals surface area contributed by atoms with Gasteiger partial charge in [0.25, 0.3) is 5.91 Å². The second-order valence-electron chi connectivity index (χ2n) is 6.68. The van der Waals surface area contributed by atoms with Crippen molar-refractivity contribution in [3.8, 4) is 0 Å². The van der Waals surface area contributed by atoms with Crippen molar-refractivity contribution >= 4 is 17.2 Å². The lowest BCUT2D eigenvalue weighted by Crippen LogP contribution is -2.40. The molecule has 3 heteroatoms. The first-order chi connectivity index (χ1) is 12.1. The maximum atomic E-state index is 13.3. The first-order valence-electron chi connectivity index (χ1n) is 8.64. The molecule has 1 amide bonds. The van der Waals surface area contributed by atoms with E-state index in [0.717, 1.165) is 24.1 Å². The number of amides is 1. The summed E-state index contributed by atoms with van der Waals surface area (Å²) in [6.07, 6.45) is 0.937. The average Bonchev–Trinajstić information content (AvgIpc) is 3.10. The SMILES string of the molecule is Cc1ccc(C2c3ccsc3CCN2C(=O)c2ccccc2C)cc1. The second-order valence-corrected chi connectivity index (χ2v) is 7.68. The predicted molar refractivity (Wildman–Crippen MR) is 103 cm³/mol. The molecule has 0 aliphatic carbocycles. The van der Waals surface area contributed by atoms with Crippen LogP contribution in [-0.2, 0) is 6.42 Å². The van der Waals surface area contributed by atoms with Crippen LogP contribution < -0.4 is 0 Å². The van der Waals surface area contributed by atoms with Crippen molar-refractivity contribution in [2.75, 3.05) is 6.54 Å². The van der Waals surface area contributed by atoms with Crippen LogP contribution in [0.3, 0.4) is 0 Å². The van der Waals surface area contributed by atoms with Crippen LogP contribution >= 0.6 is 11.3 Å². The number of carbonyl (C=O) groups is 1. The van der Waals surface area contributed by atoms with Crippen LogP contribution in [0.25, 0.3) is 0 Å². The molecule has 3 aromatic rings. The zero-order valence-corrected chi connectivity index (χ0v) is 15.3. The third-order valence-corrected chi connectivity index (χ3v) is 5.99. The highest BCUT2D eigenvalue weighted by molar-refractivity contribution is 7.10. The van der Waals surface area contributed by atoms with Crippen molar-refractivity contribution < 1.29 is 4.79 Å². The van der Waals surface area contributed by atoms with E-state index >= 15 is 0 Å². The molecule has 2 heterocycles. The fourth-order valence-corrected chi connectivity index (χ4v) is 4.51. The van der Waals surface area contributed by atoms with Gasteiger partial charge in [-0.3, -0.25) is 4.79 Å². The summed E-state index contributed by atoms with van der Waals surface area (Å²) >= 11 is 1.80. The van der Waals surface area contributed by atoms with Gasteiger partial charge >= 0.3 is 0 Å². The van der Waals surface area contributed by atoms with Crippen molar-refractivity contribution in [1.82, 2.24) is 4.90 Å². The maximum Gasteiger partial charge on any atom is 0.254 e. The van der Waals surface area contributed by atoms with Crippen LogP contribution in [0.2, 0.25) is 0 Å². The van der Waals surface area contributed by atoms with E-state index in [9.17, 15) is 4.79 Å². The fraction of sp³-hybridized carbons (Fsp3) is 0.227. The monoisotopic (exact) mass is 347 g/mol. The maximum absolute atomic E-state index is 13.3. The van der Waals surface area contributed by atoms with Crippen molar-refractivity contribution in [2.24, 2.45) is 0 Å². The predicted octanol–water partition coefficient (Wildman–Crippen LogP) is 5.15. The number of hydrogen-bond donors (Lipinski definition) is 0. The summed E-state index contributed by atoms with van der Waals surface area (Å²) in [6, 6.07) is 18.6. The number of nitrogens with zero attached hydrogens (tertiary/aromatic N) is 1. The summed E-state index contributed by atoms with van der Waals surface area (Å²) in [7, 11) is 0. The van der Waals surface area contributed by atoms with Gasteiger partial charge in [-0.15, -0.1) is 11.3 Å². The van der Waals surface area contributed by atoms with Crippen molar-refractivity contribution in [3.63, 3.8) is 0 Å². The molecule has 126 valence electrons. The number of benzene rings is 2. The molecular formula is C22H21NOS. The van der Waals surface area contributed by atoms with Gasteiger partial charge in [0.15, 0.2) is 0 Å². The minimum atomic E-state index is 0.00251. The highest BCUT2D eigenvalue weighted by Crippen LogP contribution is 2.38. The Labute approximate surface area is 152 Å². The molecule has 0 saturated heterocycles. The van der Waals surface area contributed by atoms with Crippen LogP contribution in [0, 0.1) is 13.8 Å². The summed E-state index contributed by atoms with van der Waals surface area (Å²) in [5.41, 5.74) is 5.54. The van der Waals surface area contributed by atoms with E-state index in [-0.39, 0.29) is 11.9 Å². The van der Waals surface area contributed by atoms with Crippen LogP contribution in [0.5, 0.6) is 0 Å². The van der Waals surface area contributed by atoms with Gasteiger partial charge in [0.1, 0.15) is 0 Å². The smallest absolute Gasteiger partial charge is 0.254 e. The van der Waals surface area contributed by atoms with Crippen molar-refractivity contribution in [1.29, 1.82) is 0 Å². The zero-order valence-electron chi connectivity index (χ0n) is 14.5. The third kappa shape index (κ3) is 2.89. The van der Waals surface area contributed by atoms with Crippen LogP contribution in [0.15, 0.2) is 60.0 Å². The largest absolute Gasteiger partial charge is 0.327 e. The Morgan fingerprint density at radius 2 is 1.80 bits per heavy atom. The molecule has 1 unspecified atom stereocenters. The summed E-state index contributed by atoms with van der Waals surface area (Å²) in [5.74, 6) is 0.125. The quantitative estimate of drug-likeness (QED) is 0.627. The molecule has 1 atom stereocenters. The van der Waals surface area contributed by atoms with Gasteiger partial charge in [-0.2, -0.15) is 0 Å². The average molecular weight is 347 g/mol. The zero-order chi connectivity index (χ0) is 17.4. The van der Waals surface area contributed by atoms with Gasteiger partial charge in [-0.05, 0) is 54.5 Å². The minimum absolute atomic E-state index is 0.00251. The van der Waals surface area contributed by atoms with E-state index in [1.807, 2.05) is 36.1 Å². The summed E-state index contributed by atoms with van der Waals surface area (Å²) in [6.45, 7) is 4.87. The Kier molecular flexibility index (Phi) is 4.18. The van der Waals surface area contributed by atoms with Crippen LogP contribution in [0.4, 0.5) is 0 Å². The molecule has 0 radical (unpaired) electrons. The van der Waals surface area contributed by atoms with Gasteiger partial charge in [0, 0.05) is 17.0 Å². The Morgan fingerprint density at radius 3 is 2.56 bits per heavy atom. The fourth-order valence-electron chi connectivity index (χ4n) is 3.61. The Morgan fingerprint density at radius 1 is 1.04 bits per heavy atom. The molecule has 25 heavy (non-hydrogen) atoms. The molecule has 1 aliphatic heterocycles. The number of hydrogen-bond acceptors (Lipinski definition) is 2. The third-order valence-electron chi connectivity index (χ3n) is 5.00. The molecule has 4 rings (SSSR count). The summed E-state index contributed by atoms with van der Waals surface area (Å²) in [5, 5.41) is 2.15. The van der Waals surface area contributed by atoms with Gasteiger partial charge < -0.3 is 4.90 Å². The molecule has 0 spiro atoms. The first-order valence-corrected chi connectivity index (χ1v) is 9.52. The van der Waals surface area contributed by atoms with E-state index in [1.54, 1.807) is 11.3 Å². The Balaban J connectivity index is 1.79. The molecule has 2 aromatic carbocycles. The molecule has 0 saturated carbocycles. The minimum Gasteiger partial charge on any atom is -0.327 e. The van der Waals surface area contributed by atoms with E-state index in [4.69, 9.17) is 0 Å². The Hall–Kier alpha value is -2.39. The number of rotatable bonds is 2. The molecule has 0 fully saturated rings. The summed E-state index contributed by atoms with van der Waals surface area (Å²) < 4.78 is 0. The van der Waals surface area contributed by atoms with E-state index in [0.29, 0.717) is 0 Å². The van der Waals surface area contributed by atoms with Gasteiger partial charge in [-0.1, -0.05) is 48.0 Å². The number of thiophene rings is 1. The van der Waals surface area contributed by atoms with E-state index in [2.05, 4.69) is 42.6 Å². The molecule has 1 aliphatic rings. The van der Waals surface area contributed by atoms with E-state index < -0.39 is 0 Å². The van der Waals surface area contributed by atoms with Gasteiger partial charge in [0.05, 0.1) is 6.04 Å². The molecule has 0 N–H and O–H groups in total. The number of carbonyl (C=O) groups excluding carboxylic acids is 1. The molecule has 1 aromatic heterocycles. The van der Waals surface area contributed by atoms with Crippen LogP contribution in [0.1, 0.15) is 43.5 Å². The van der Waals surface area contributed by atoms with Crippen molar-refractivity contribution in [3.05, 3.63) is 92.7 Å². The van der Waals surface area contributed by atoms with E-state index in [1.165, 1.54) is 21.6 Å². The van der Waals surface area contributed by atoms with Crippen molar-refractivity contribution in [2.45, 2.75) is 26.3 Å². The first kappa shape index (κ1) is 16.1. The highest BCUT2D eigenvalue weighted by atomic mass is 32.1. The lowest BCUT2D eigenvalue weighted by atomic mass is 9.91. The topological polar surface area (TPSA) is 20.3 Å². The van der Waals surface area contributed by atoms with Gasteiger partial charge in [-0.25, -0.2) is 0 Å².